The first-order valence-electron chi connectivity index (χ1n) is 6.69. The highest BCUT2D eigenvalue weighted by molar-refractivity contribution is 7.10. The van der Waals surface area contributed by atoms with Crippen LogP contribution in [-0.2, 0) is 17.8 Å². The van der Waals surface area contributed by atoms with Gasteiger partial charge in [0, 0.05) is 18.0 Å². The number of nitrogens with one attached hydrogen (secondary N) is 1. The van der Waals surface area contributed by atoms with Gasteiger partial charge in [-0.15, -0.1) is 11.3 Å². The topological polar surface area (TPSA) is 56.1 Å². The van der Waals surface area contributed by atoms with Crippen molar-refractivity contribution in [2.24, 2.45) is 0 Å². The molecular formula is C14H19N3OS. The number of fused-ring (bicyclic) bond motifs is 1. The molecule has 0 radical (unpaired) electrons. The van der Waals surface area contributed by atoms with Crippen LogP contribution in [0, 0.1) is 11.3 Å². The minimum Gasteiger partial charge on any atom is -0.339 e. The van der Waals surface area contributed by atoms with Gasteiger partial charge in [0.2, 0.25) is 5.91 Å². The molecule has 0 aromatic carbocycles. The van der Waals surface area contributed by atoms with E-state index in [1.807, 2.05) is 6.92 Å². The number of hydrogen-bond acceptors (Lipinski definition) is 4. The minimum atomic E-state index is -0.348. The summed E-state index contributed by atoms with van der Waals surface area (Å²) in [4.78, 5) is 15.5. The fourth-order valence-electron chi connectivity index (χ4n) is 2.34. The number of hydrogen-bond donors (Lipinski definition) is 1. The Morgan fingerprint density at radius 1 is 1.68 bits per heavy atom. The number of carbonyl (C=O) groups is 1. The van der Waals surface area contributed by atoms with Crippen molar-refractivity contribution in [2.75, 3.05) is 13.1 Å². The highest BCUT2D eigenvalue weighted by Crippen LogP contribution is 2.23. The fraction of sp³-hybridized carbons (Fsp3) is 0.571. The van der Waals surface area contributed by atoms with Crippen LogP contribution in [0.1, 0.15) is 30.2 Å². The van der Waals surface area contributed by atoms with Crippen LogP contribution in [0.5, 0.6) is 0 Å². The molecule has 0 aliphatic carbocycles. The Balaban J connectivity index is 1.82. The molecule has 0 saturated carbocycles. The third-order valence-electron chi connectivity index (χ3n) is 3.32. The Kier molecular flexibility index (Phi) is 4.94. The normalized spacial score (nSPS) is 16.4. The van der Waals surface area contributed by atoms with E-state index in [1.54, 1.807) is 11.3 Å². The largest absolute Gasteiger partial charge is 0.339 e. The van der Waals surface area contributed by atoms with Crippen LogP contribution >= 0.6 is 11.3 Å². The van der Waals surface area contributed by atoms with Gasteiger partial charge in [-0.05, 0) is 29.9 Å². The van der Waals surface area contributed by atoms with Gasteiger partial charge < -0.3 is 5.32 Å². The van der Waals surface area contributed by atoms with Crippen molar-refractivity contribution >= 4 is 17.2 Å². The smallest absolute Gasteiger partial charge is 0.235 e. The van der Waals surface area contributed by atoms with Crippen LogP contribution in [0.3, 0.4) is 0 Å². The number of nitriles is 1. The first-order valence-corrected chi connectivity index (χ1v) is 7.57. The second kappa shape index (κ2) is 6.69. The zero-order valence-corrected chi connectivity index (χ0v) is 12.0. The van der Waals surface area contributed by atoms with E-state index >= 15 is 0 Å². The minimum absolute atomic E-state index is 0.0429. The third kappa shape index (κ3) is 3.79. The quantitative estimate of drug-likeness (QED) is 0.894. The van der Waals surface area contributed by atoms with Crippen LogP contribution in [0.4, 0.5) is 0 Å². The number of thiophene rings is 1. The summed E-state index contributed by atoms with van der Waals surface area (Å²) < 4.78 is 0. The summed E-state index contributed by atoms with van der Waals surface area (Å²) >= 11 is 1.80. The van der Waals surface area contributed by atoms with Gasteiger partial charge in [0.15, 0.2) is 0 Å². The zero-order chi connectivity index (χ0) is 13.7. The lowest BCUT2D eigenvalue weighted by Crippen LogP contribution is -2.43. The molecule has 2 rings (SSSR count). The second-order valence-corrected chi connectivity index (χ2v) is 5.87. The number of carbonyl (C=O) groups excluding carboxylic acids is 1. The van der Waals surface area contributed by atoms with Crippen molar-refractivity contribution in [3.8, 4) is 6.07 Å². The van der Waals surface area contributed by atoms with Crippen LogP contribution < -0.4 is 5.32 Å². The van der Waals surface area contributed by atoms with Gasteiger partial charge in [-0.1, -0.05) is 13.3 Å². The van der Waals surface area contributed by atoms with Crippen molar-refractivity contribution in [1.29, 1.82) is 5.26 Å². The van der Waals surface area contributed by atoms with Crippen molar-refractivity contribution < 1.29 is 4.79 Å². The Morgan fingerprint density at radius 2 is 2.53 bits per heavy atom. The van der Waals surface area contributed by atoms with Gasteiger partial charge in [0.1, 0.15) is 6.04 Å². The Labute approximate surface area is 118 Å². The molecule has 1 N–H and O–H groups in total. The second-order valence-electron chi connectivity index (χ2n) is 4.87. The molecule has 1 aliphatic heterocycles. The number of rotatable bonds is 5. The molecule has 19 heavy (non-hydrogen) atoms. The summed E-state index contributed by atoms with van der Waals surface area (Å²) in [5.74, 6) is -0.0429. The van der Waals surface area contributed by atoms with E-state index in [-0.39, 0.29) is 11.9 Å². The predicted molar refractivity (Wildman–Crippen MR) is 75.8 cm³/mol. The van der Waals surface area contributed by atoms with Gasteiger partial charge in [-0.25, -0.2) is 0 Å². The van der Waals surface area contributed by atoms with E-state index < -0.39 is 0 Å². The average Bonchev–Trinajstić information content (AvgIpc) is 2.85. The van der Waals surface area contributed by atoms with Crippen LogP contribution in [0.2, 0.25) is 0 Å². The lowest BCUT2D eigenvalue weighted by molar-refractivity contribution is -0.122. The summed E-state index contributed by atoms with van der Waals surface area (Å²) in [5, 5.41) is 13.8. The highest BCUT2D eigenvalue weighted by Gasteiger charge is 2.20. The molecule has 1 aromatic heterocycles. The molecule has 1 aromatic rings. The molecule has 0 bridgehead atoms. The third-order valence-corrected chi connectivity index (χ3v) is 4.35. The van der Waals surface area contributed by atoms with Gasteiger partial charge >= 0.3 is 0 Å². The van der Waals surface area contributed by atoms with Gasteiger partial charge in [0.25, 0.3) is 0 Å². The molecule has 0 fully saturated rings. The monoisotopic (exact) mass is 277 g/mol. The molecule has 4 nitrogen and oxygen atoms in total. The maximum absolute atomic E-state index is 11.9. The molecular weight excluding hydrogens is 258 g/mol. The van der Waals surface area contributed by atoms with Gasteiger partial charge in [-0.2, -0.15) is 5.26 Å². The molecule has 5 heteroatoms. The first kappa shape index (κ1) is 14.0. The lowest BCUT2D eigenvalue weighted by atomic mass is 10.1. The van der Waals surface area contributed by atoms with Crippen molar-refractivity contribution in [2.45, 2.75) is 38.8 Å². The molecule has 0 saturated heterocycles. The van der Waals surface area contributed by atoms with E-state index in [9.17, 15) is 4.79 Å². The SMILES string of the molecule is CCCC(C#N)NC(=O)CN1CCc2sccc2C1. The maximum Gasteiger partial charge on any atom is 0.235 e. The van der Waals surface area contributed by atoms with E-state index in [4.69, 9.17) is 5.26 Å². The van der Waals surface area contributed by atoms with Crippen molar-refractivity contribution in [3.05, 3.63) is 21.9 Å². The van der Waals surface area contributed by atoms with Crippen LogP contribution in [0.25, 0.3) is 0 Å². The predicted octanol–water partition coefficient (Wildman–Crippen LogP) is 1.91. The fourth-order valence-corrected chi connectivity index (χ4v) is 3.23. The van der Waals surface area contributed by atoms with Crippen molar-refractivity contribution in [3.63, 3.8) is 0 Å². The van der Waals surface area contributed by atoms with Gasteiger partial charge in [-0.3, -0.25) is 9.69 Å². The number of amides is 1. The summed E-state index contributed by atoms with van der Waals surface area (Å²) in [6, 6.07) is 3.92. The van der Waals surface area contributed by atoms with E-state index in [0.29, 0.717) is 6.54 Å². The maximum atomic E-state index is 11.9. The Bertz CT molecular complexity index is 477. The molecule has 1 atom stereocenters. The number of nitrogens with zero attached hydrogens (tertiary/aromatic N) is 2. The summed E-state index contributed by atoms with van der Waals surface area (Å²) in [6.45, 7) is 4.17. The summed E-state index contributed by atoms with van der Waals surface area (Å²) in [5.41, 5.74) is 1.34. The molecule has 1 amide bonds. The highest BCUT2D eigenvalue weighted by atomic mass is 32.1. The Morgan fingerprint density at radius 3 is 3.26 bits per heavy atom. The van der Waals surface area contributed by atoms with Crippen LogP contribution in [0.15, 0.2) is 11.4 Å². The van der Waals surface area contributed by atoms with Crippen molar-refractivity contribution in [1.82, 2.24) is 10.2 Å². The van der Waals surface area contributed by atoms with E-state index in [0.717, 1.165) is 32.4 Å². The van der Waals surface area contributed by atoms with Gasteiger partial charge in [0.05, 0.1) is 12.6 Å². The summed E-state index contributed by atoms with van der Waals surface area (Å²) in [7, 11) is 0. The Hall–Kier alpha value is -1.38. The summed E-state index contributed by atoms with van der Waals surface area (Å²) in [6.07, 6.45) is 2.65. The molecule has 2 heterocycles. The van der Waals surface area contributed by atoms with E-state index in [2.05, 4.69) is 27.7 Å². The average molecular weight is 277 g/mol. The van der Waals surface area contributed by atoms with Crippen LogP contribution in [-0.4, -0.2) is 29.9 Å². The molecule has 102 valence electrons. The molecule has 1 aliphatic rings. The first-order chi connectivity index (χ1) is 9.22. The standard InChI is InChI=1S/C14H19N3OS/c1-2-3-12(8-15)16-14(18)10-17-6-4-13-11(9-17)5-7-19-13/h5,7,12H,2-4,6,9-10H2,1H3,(H,16,18). The zero-order valence-electron chi connectivity index (χ0n) is 11.2. The van der Waals surface area contributed by atoms with E-state index in [1.165, 1.54) is 10.4 Å². The molecule has 1 unspecified atom stereocenters. The molecule has 0 spiro atoms. The lowest BCUT2D eigenvalue weighted by Gasteiger charge is -2.26.